The van der Waals surface area contributed by atoms with Crippen LogP contribution in [0.5, 0.6) is 5.75 Å². The number of unbranched alkanes of at least 4 members (excludes halogenated alkanes) is 13. The number of hydrogen-bond acceptors (Lipinski definition) is 5. The predicted octanol–water partition coefficient (Wildman–Crippen LogP) is 3.66. The molecular formula is C27H40NNaO5S. The molecule has 0 aliphatic rings. The molecule has 6 nitrogen and oxygen atoms in total. The molecule has 2 aromatic rings. The Labute approximate surface area is 233 Å². The summed E-state index contributed by atoms with van der Waals surface area (Å²) in [6.07, 6.45) is 17.5. The van der Waals surface area contributed by atoms with Gasteiger partial charge in [0.05, 0.1) is 10.5 Å². The van der Waals surface area contributed by atoms with E-state index < -0.39 is 20.9 Å². The molecule has 0 unspecified atom stereocenters. The Morgan fingerprint density at radius 3 is 1.77 bits per heavy atom. The summed E-state index contributed by atoms with van der Waals surface area (Å²) in [6.45, 7) is 2.68. The minimum absolute atomic E-state index is 0. The van der Waals surface area contributed by atoms with Crippen molar-refractivity contribution in [2.75, 3.05) is 6.54 Å². The molecule has 0 aliphatic carbocycles. The molecular weight excluding hydrogens is 473 g/mol. The quantitative estimate of drug-likeness (QED) is 0.191. The molecule has 0 saturated carbocycles. The van der Waals surface area contributed by atoms with Gasteiger partial charge in [-0.15, -0.1) is 0 Å². The van der Waals surface area contributed by atoms with Crippen molar-refractivity contribution in [2.45, 2.75) is 102 Å². The van der Waals surface area contributed by atoms with E-state index in [4.69, 9.17) is 0 Å². The molecule has 0 heterocycles. The van der Waals surface area contributed by atoms with Crippen molar-refractivity contribution < 1.29 is 52.4 Å². The fraction of sp³-hybridized carbons (Fsp3) is 0.593. The summed E-state index contributed by atoms with van der Waals surface area (Å²) < 4.78 is 35.0. The maximum absolute atomic E-state index is 12.6. The molecule has 0 saturated heterocycles. The molecule has 2 aromatic carbocycles. The van der Waals surface area contributed by atoms with E-state index in [1.165, 1.54) is 82.8 Å². The number of carbonyl (C=O) groups is 1. The molecule has 0 spiro atoms. The van der Waals surface area contributed by atoms with Crippen LogP contribution in [0.3, 0.4) is 0 Å². The van der Waals surface area contributed by atoms with Crippen molar-refractivity contribution >= 4 is 26.8 Å². The number of rotatable bonds is 17. The number of carbonyl (C=O) groups excluding carboxylic acids is 1. The molecule has 1 amide bonds. The van der Waals surface area contributed by atoms with Gasteiger partial charge in [-0.05, 0) is 12.5 Å². The Morgan fingerprint density at radius 1 is 0.829 bits per heavy atom. The van der Waals surface area contributed by atoms with Gasteiger partial charge in [0.1, 0.15) is 15.9 Å². The Kier molecular flexibility index (Phi) is 15.8. The number of phenolic OH excluding ortho intramolecular Hbond substituents is 1. The van der Waals surface area contributed by atoms with Gasteiger partial charge in [0.25, 0.3) is 5.91 Å². The van der Waals surface area contributed by atoms with E-state index in [-0.39, 0.29) is 51.6 Å². The predicted molar refractivity (Wildman–Crippen MR) is 136 cm³/mol. The van der Waals surface area contributed by atoms with Crippen LogP contribution in [0.4, 0.5) is 0 Å². The molecule has 190 valence electrons. The zero-order valence-corrected chi connectivity index (χ0v) is 24.3. The van der Waals surface area contributed by atoms with E-state index in [9.17, 15) is 22.9 Å². The van der Waals surface area contributed by atoms with E-state index in [2.05, 4.69) is 12.2 Å². The Bertz CT molecular complexity index is 1010. The smallest absolute Gasteiger partial charge is 0.744 e. The fourth-order valence-electron chi connectivity index (χ4n) is 4.32. The van der Waals surface area contributed by atoms with Crippen LogP contribution in [-0.2, 0) is 10.1 Å². The number of aromatic hydroxyl groups is 1. The average molecular weight is 514 g/mol. The van der Waals surface area contributed by atoms with E-state index in [0.717, 1.165) is 25.3 Å². The van der Waals surface area contributed by atoms with Crippen LogP contribution in [0.25, 0.3) is 10.8 Å². The molecule has 8 heteroatoms. The Balaban J connectivity index is 0.00000612. The summed E-state index contributed by atoms with van der Waals surface area (Å²) in [7, 11) is -4.79. The number of hydrogen-bond donors (Lipinski definition) is 2. The van der Waals surface area contributed by atoms with E-state index >= 15 is 0 Å². The molecule has 2 rings (SSSR count). The molecule has 0 atom stereocenters. The zero-order chi connectivity index (χ0) is 24.8. The van der Waals surface area contributed by atoms with Gasteiger partial charge < -0.3 is 15.0 Å². The standard InChI is InChI=1S/C27H41NO5S.Na/c1-2-3-4-5-6-7-8-9-10-11-12-13-14-17-20-28-27(30)24-21-25(34(31,32)33)22-18-15-16-19-23(22)26(24)29;/h15-16,18-19,21,29H,2-14,17,20H2,1H3,(H,28,30)(H,31,32,33);/q;+1/p-1. The van der Waals surface area contributed by atoms with Gasteiger partial charge in [0.15, 0.2) is 0 Å². The third-order valence-corrected chi connectivity index (χ3v) is 7.18. The van der Waals surface area contributed by atoms with Crippen LogP contribution in [0.2, 0.25) is 0 Å². The van der Waals surface area contributed by atoms with Gasteiger partial charge in [-0.1, -0.05) is 115 Å². The van der Waals surface area contributed by atoms with Crippen LogP contribution >= 0.6 is 0 Å². The largest absolute Gasteiger partial charge is 1.00 e. The van der Waals surface area contributed by atoms with Crippen LogP contribution in [0, 0.1) is 0 Å². The van der Waals surface area contributed by atoms with Gasteiger partial charge in [0.2, 0.25) is 0 Å². The summed E-state index contributed by atoms with van der Waals surface area (Å²) in [4.78, 5) is 12.1. The first-order valence-corrected chi connectivity index (χ1v) is 14.3. The van der Waals surface area contributed by atoms with Gasteiger partial charge >= 0.3 is 29.6 Å². The maximum atomic E-state index is 12.6. The SMILES string of the molecule is CCCCCCCCCCCCCCCCNC(=O)c1cc(S(=O)(=O)[O-])c2ccccc2c1O.[Na+]. The topological polar surface area (TPSA) is 107 Å². The zero-order valence-electron chi connectivity index (χ0n) is 21.5. The summed E-state index contributed by atoms with van der Waals surface area (Å²) >= 11 is 0. The first-order chi connectivity index (χ1) is 16.4. The number of nitrogens with one attached hydrogen (secondary N) is 1. The van der Waals surface area contributed by atoms with Gasteiger partial charge in [0, 0.05) is 17.3 Å². The molecule has 0 bridgehead atoms. The second-order valence-electron chi connectivity index (χ2n) is 9.12. The van der Waals surface area contributed by atoms with Crippen molar-refractivity contribution in [3.8, 4) is 5.75 Å². The number of fused-ring (bicyclic) bond motifs is 1. The van der Waals surface area contributed by atoms with Crippen molar-refractivity contribution in [1.82, 2.24) is 5.32 Å². The van der Waals surface area contributed by atoms with Gasteiger partial charge in [-0.2, -0.15) is 0 Å². The molecule has 2 N–H and O–H groups in total. The Hall–Kier alpha value is -1.12. The van der Waals surface area contributed by atoms with E-state index in [0.29, 0.717) is 6.54 Å². The second kappa shape index (κ2) is 17.4. The number of amides is 1. The van der Waals surface area contributed by atoms with Gasteiger partial charge in [-0.3, -0.25) is 4.79 Å². The summed E-state index contributed by atoms with van der Waals surface area (Å²) in [5, 5.41) is 13.5. The van der Waals surface area contributed by atoms with E-state index in [1.54, 1.807) is 12.1 Å². The fourth-order valence-corrected chi connectivity index (χ4v) is 5.03. The van der Waals surface area contributed by atoms with Crippen LogP contribution in [0.15, 0.2) is 35.2 Å². The van der Waals surface area contributed by atoms with Crippen molar-refractivity contribution in [2.24, 2.45) is 0 Å². The average Bonchev–Trinajstić information content (AvgIpc) is 2.81. The first kappa shape index (κ1) is 31.9. The third-order valence-electron chi connectivity index (χ3n) is 6.31. The molecule has 0 fully saturated rings. The molecule has 0 aromatic heterocycles. The number of benzene rings is 2. The maximum Gasteiger partial charge on any atom is 1.00 e. The number of phenols is 1. The first-order valence-electron chi connectivity index (χ1n) is 12.8. The molecule has 35 heavy (non-hydrogen) atoms. The minimum Gasteiger partial charge on any atom is -0.744 e. The summed E-state index contributed by atoms with van der Waals surface area (Å²) in [5.41, 5.74) is -0.196. The van der Waals surface area contributed by atoms with Crippen LogP contribution < -0.4 is 34.9 Å². The summed E-state index contributed by atoms with van der Waals surface area (Å²) in [6, 6.07) is 7.09. The van der Waals surface area contributed by atoms with Crippen LogP contribution in [-0.4, -0.2) is 30.5 Å². The molecule has 0 aliphatic heterocycles. The monoisotopic (exact) mass is 513 g/mol. The third kappa shape index (κ3) is 11.2. The van der Waals surface area contributed by atoms with E-state index in [1.807, 2.05) is 0 Å². The molecule has 0 radical (unpaired) electrons. The minimum atomic E-state index is -4.79. The van der Waals surface area contributed by atoms with Crippen molar-refractivity contribution in [1.29, 1.82) is 0 Å². The second-order valence-corrected chi connectivity index (χ2v) is 10.5. The summed E-state index contributed by atoms with van der Waals surface area (Å²) in [5.74, 6) is -0.899. The van der Waals surface area contributed by atoms with Crippen molar-refractivity contribution in [3.63, 3.8) is 0 Å². The normalized spacial score (nSPS) is 11.4. The Morgan fingerprint density at radius 2 is 1.29 bits per heavy atom. The van der Waals surface area contributed by atoms with Crippen LogP contribution in [0.1, 0.15) is 107 Å². The van der Waals surface area contributed by atoms with Crippen molar-refractivity contribution in [3.05, 3.63) is 35.9 Å². The van der Waals surface area contributed by atoms with Gasteiger partial charge in [-0.25, -0.2) is 8.42 Å².